The van der Waals surface area contributed by atoms with Crippen LogP contribution in [0.3, 0.4) is 0 Å². The zero-order valence-corrected chi connectivity index (χ0v) is 17.7. The number of nitrogens with one attached hydrogen (secondary N) is 1. The van der Waals surface area contributed by atoms with Crippen LogP contribution in [0.1, 0.15) is 61.3 Å². The van der Waals surface area contributed by atoms with Crippen molar-refractivity contribution in [3.63, 3.8) is 0 Å². The normalized spacial score (nSPS) is 12.3. The smallest absolute Gasteiger partial charge is 0.258 e. The minimum Gasteiger partial charge on any atom is -0.345 e. The fourth-order valence-electron chi connectivity index (χ4n) is 3.80. The molecule has 29 heavy (non-hydrogen) atoms. The zero-order valence-electron chi connectivity index (χ0n) is 17.7. The topological polar surface area (TPSA) is 51.1 Å². The van der Waals surface area contributed by atoms with Crippen LogP contribution in [0.25, 0.3) is 10.8 Å². The van der Waals surface area contributed by atoms with Crippen molar-refractivity contribution in [2.75, 3.05) is 0 Å². The monoisotopic (exact) mass is 390 g/mol. The Kier molecular flexibility index (Phi) is 6.53. The van der Waals surface area contributed by atoms with Gasteiger partial charge in [0.15, 0.2) is 0 Å². The average Bonchev–Trinajstić information content (AvgIpc) is 2.72. The molecule has 3 aromatic rings. The first-order valence-corrected chi connectivity index (χ1v) is 10.4. The van der Waals surface area contributed by atoms with E-state index in [1.165, 1.54) is 0 Å². The molecule has 0 saturated heterocycles. The summed E-state index contributed by atoms with van der Waals surface area (Å²) < 4.78 is 1.76. The molecule has 1 heterocycles. The number of hydrogen-bond acceptors (Lipinski definition) is 2. The van der Waals surface area contributed by atoms with Crippen LogP contribution >= 0.6 is 0 Å². The zero-order chi connectivity index (χ0) is 21.0. The molecule has 2 aromatic carbocycles. The van der Waals surface area contributed by atoms with Crippen molar-refractivity contribution in [3.05, 3.63) is 81.8 Å². The van der Waals surface area contributed by atoms with Gasteiger partial charge in [-0.15, -0.1) is 0 Å². The number of amides is 1. The molecule has 0 unspecified atom stereocenters. The summed E-state index contributed by atoms with van der Waals surface area (Å²) in [7, 11) is 0. The van der Waals surface area contributed by atoms with E-state index in [9.17, 15) is 9.59 Å². The highest BCUT2D eigenvalue weighted by molar-refractivity contribution is 6.07. The highest BCUT2D eigenvalue weighted by atomic mass is 16.2. The Hall–Kier alpha value is -2.88. The molecule has 0 fully saturated rings. The van der Waals surface area contributed by atoms with E-state index in [-0.39, 0.29) is 17.5 Å². The van der Waals surface area contributed by atoms with Crippen LogP contribution in [0.15, 0.2) is 59.4 Å². The summed E-state index contributed by atoms with van der Waals surface area (Å²) in [6, 6.07) is 17.3. The molecular weight excluding hydrogens is 360 g/mol. The van der Waals surface area contributed by atoms with Gasteiger partial charge in [-0.1, -0.05) is 69.3 Å². The molecule has 1 aromatic heterocycles. The number of fused-ring (bicyclic) bond motifs is 1. The number of pyridine rings is 1. The molecule has 4 heteroatoms. The van der Waals surface area contributed by atoms with Gasteiger partial charge in [-0.3, -0.25) is 9.59 Å². The second-order valence-electron chi connectivity index (χ2n) is 7.99. The van der Waals surface area contributed by atoms with Gasteiger partial charge in [0.1, 0.15) is 0 Å². The van der Waals surface area contributed by atoms with E-state index in [1.807, 2.05) is 61.5 Å². The maximum absolute atomic E-state index is 13.4. The maximum Gasteiger partial charge on any atom is 0.258 e. The lowest BCUT2D eigenvalue weighted by molar-refractivity contribution is 0.0935. The molecular formula is C25H30N2O2. The number of hydrogen-bond donors (Lipinski definition) is 1. The van der Waals surface area contributed by atoms with E-state index >= 15 is 0 Å². The quantitative estimate of drug-likeness (QED) is 0.600. The molecule has 3 rings (SSSR count). The second kappa shape index (κ2) is 9.08. The first kappa shape index (κ1) is 20.8. The molecule has 152 valence electrons. The molecule has 4 nitrogen and oxygen atoms in total. The predicted octanol–water partition coefficient (Wildman–Crippen LogP) is 5.24. The molecule has 1 amide bonds. The van der Waals surface area contributed by atoms with Gasteiger partial charge in [0, 0.05) is 23.0 Å². The summed E-state index contributed by atoms with van der Waals surface area (Å²) in [6.45, 7) is 8.84. The van der Waals surface area contributed by atoms with Crippen molar-refractivity contribution >= 4 is 16.7 Å². The van der Waals surface area contributed by atoms with Gasteiger partial charge in [-0.25, -0.2) is 0 Å². The summed E-state index contributed by atoms with van der Waals surface area (Å²) in [5.41, 5.74) is 2.39. The van der Waals surface area contributed by atoms with Gasteiger partial charge in [0.2, 0.25) is 0 Å². The summed E-state index contributed by atoms with van der Waals surface area (Å²) in [5, 5.41) is 4.51. The van der Waals surface area contributed by atoms with E-state index in [0.29, 0.717) is 23.4 Å². The van der Waals surface area contributed by atoms with Crippen LogP contribution in [0.2, 0.25) is 0 Å². The number of benzene rings is 2. The summed E-state index contributed by atoms with van der Waals surface area (Å²) >= 11 is 0. The SMILES string of the molecule is CC[C@H](NC(=O)c1c(C)n(CCC(C)C)c(=O)c2ccccc12)c1ccccc1. The number of nitrogens with zero attached hydrogens (tertiary/aromatic N) is 1. The van der Waals surface area contributed by atoms with Crippen LogP contribution in [0, 0.1) is 12.8 Å². The predicted molar refractivity (Wildman–Crippen MR) is 119 cm³/mol. The number of carbonyl (C=O) groups is 1. The van der Waals surface area contributed by atoms with Gasteiger partial charge >= 0.3 is 0 Å². The van der Waals surface area contributed by atoms with Crippen LogP contribution in [0.4, 0.5) is 0 Å². The minimum atomic E-state index is -0.132. The molecule has 0 aliphatic rings. The van der Waals surface area contributed by atoms with Crippen molar-refractivity contribution in [1.29, 1.82) is 0 Å². The van der Waals surface area contributed by atoms with Crippen molar-refractivity contribution in [3.8, 4) is 0 Å². The molecule has 0 bridgehead atoms. The van der Waals surface area contributed by atoms with Crippen LogP contribution < -0.4 is 10.9 Å². The molecule has 0 spiro atoms. The first-order valence-electron chi connectivity index (χ1n) is 10.4. The fraction of sp³-hybridized carbons (Fsp3) is 0.360. The summed E-state index contributed by atoms with van der Waals surface area (Å²) in [6.07, 6.45) is 1.68. The van der Waals surface area contributed by atoms with Crippen LogP contribution in [-0.4, -0.2) is 10.5 Å². The van der Waals surface area contributed by atoms with E-state index in [4.69, 9.17) is 0 Å². The Bertz CT molecular complexity index is 1050. The highest BCUT2D eigenvalue weighted by Gasteiger charge is 2.21. The Balaban J connectivity index is 2.07. The average molecular weight is 391 g/mol. The molecule has 1 N–H and O–H groups in total. The molecule has 0 aliphatic carbocycles. The van der Waals surface area contributed by atoms with Crippen molar-refractivity contribution in [1.82, 2.24) is 9.88 Å². The van der Waals surface area contributed by atoms with Crippen molar-refractivity contribution in [2.24, 2.45) is 5.92 Å². The molecule has 0 saturated carbocycles. The Labute approximate surface area is 172 Å². The summed E-state index contributed by atoms with van der Waals surface area (Å²) in [5.74, 6) is 0.347. The van der Waals surface area contributed by atoms with Gasteiger partial charge in [0.05, 0.1) is 11.6 Å². The fourth-order valence-corrected chi connectivity index (χ4v) is 3.80. The third kappa shape index (κ3) is 4.42. The van der Waals surface area contributed by atoms with E-state index in [1.54, 1.807) is 4.57 Å². The van der Waals surface area contributed by atoms with Gasteiger partial charge in [-0.2, -0.15) is 0 Å². The lowest BCUT2D eigenvalue weighted by atomic mass is 10.0. The van der Waals surface area contributed by atoms with E-state index in [2.05, 4.69) is 26.1 Å². The summed E-state index contributed by atoms with van der Waals surface area (Å²) in [4.78, 5) is 26.5. The maximum atomic E-state index is 13.4. The first-order chi connectivity index (χ1) is 13.9. The molecule has 1 atom stereocenters. The van der Waals surface area contributed by atoms with E-state index in [0.717, 1.165) is 29.5 Å². The van der Waals surface area contributed by atoms with Crippen molar-refractivity contribution < 1.29 is 4.79 Å². The van der Waals surface area contributed by atoms with Crippen molar-refractivity contribution in [2.45, 2.75) is 53.1 Å². The third-order valence-electron chi connectivity index (χ3n) is 5.51. The number of rotatable bonds is 7. The van der Waals surface area contributed by atoms with Crippen LogP contribution in [-0.2, 0) is 6.54 Å². The lowest BCUT2D eigenvalue weighted by Crippen LogP contribution is -2.32. The Morgan fingerprint density at radius 2 is 1.62 bits per heavy atom. The Morgan fingerprint density at radius 3 is 2.24 bits per heavy atom. The lowest BCUT2D eigenvalue weighted by Gasteiger charge is -2.21. The number of aromatic nitrogens is 1. The molecule has 0 radical (unpaired) electrons. The number of carbonyl (C=O) groups excluding carboxylic acids is 1. The largest absolute Gasteiger partial charge is 0.345 e. The molecule has 0 aliphatic heterocycles. The minimum absolute atomic E-state index is 0.0228. The van der Waals surface area contributed by atoms with Gasteiger partial charge in [0.25, 0.3) is 11.5 Å². The van der Waals surface area contributed by atoms with Crippen LogP contribution in [0.5, 0.6) is 0 Å². The highest BCUT2D eigenvalue weighted by Crippen LogP contribution is 2.23. The Morgan fingerprint density at radius 1 is 1.00 bits per heavy atom. The van der Waals surface area contributed by atoms with E-state index < -0.39 is 0 Å². The van der Waals surface area contributed by atoms with Gasteiger partial charge in [-0.05, 0) is 37.3 Å². The third-order valence-corrected chi connectivity index (χ3v) is 5.51. The van der Waals surface area contributed by atoms with Gasteiger partial charge < -0.3 is 9.88 Å². The second-order valence-corrected chi connectivity index (χ2v) is 7.99. The standard InChI is InChI=1S/C25H30N2O2/c1-5-22(19-11-7-6-8-12-19)26-24(28)23-18(4)27(16-15-17(2)3)25(29)21-14-10-9-13-20(21)23/h6-14,17,22H,5,15-16H2,1-4H3,(H,26,28)/t22-/m0/s1.